The number of nitrogens with one attached hydrogen (secondary N) is 1. The second-order valence-corrected chi connectivity index (χ2v) is 5.27. The standard InChI is InChI=1S/C15H23N3O/c1-11-10-13(6-7-14(11)15(16)17)18(8-9-19)12-4-2-3-5-12/h6-7,10,12,19H,2-5,8-9H2,1H3,(H3,16,17). The maximum atomic E-state index is 9.27. The number of hydrogen-bond donors (Lipinski definition) is 3. The van der Waals surface area contributed by atoms with Crippen molar-refractivity contribution < 1.29 is 5.11 Å². The van der Waals surface area contributed by atoms with Gasteiger partial charge in [-0.2, -0.15) is 0 Å². The summed E-state index contributed by atoms with van der Waals surface area (Å²) in [6.45, 7) is 2.82. The molecule has 1 fully saturated rings. The van der Waals surface area contributed by atoms with E-state index in [1.54, 1.807) is 0 Å². The molecular weight excluding hydrogens is 238 g/mol. The zero-order chi connectivity index (χ0) is 13.8. The molecular formula is C15H23N3O. The Morgan fingerprint density at radius 3 is 2.63 bits per heavy atom. The van der Waals surface area contributed by atoms with Crippen LogP contribution in [-0.2, 0) is 0 Å². The first-order chi connectivity index (χ1) is 9.13. The number of aliphatic hydroxyl groups is 1. The van der Waals surface area contributed by atoms with Crippen molar-refractivity contribution in [1.82, 2.24) is 0 Å². The van der Waals surface area contributed by atoms with Crippen LogP contribution in [-0.4, -0.2) is 30.1 Å². The molecule has 1 aromatic carbocycles. The lowest BCUT2D eigenvalue weighted by molar-refractivity contribution is 0.297. The third-order valence-electron chi connectivity index (χ3n) is 3.94. The lowest BCUT2D eigenvalue weighted by Crippen LogP contribution is -2.35. The van der Waals surface area contributed by atoms with E-state index in [-0.39, 0.29) is 12.4 Å². The second-order valence-electron chi connectivity index (χ2n) is 5.27. The minimum atomic E-state index is 0.110. The number of nitrogen functional groups attached to an aromatic ring is 1. The van der Waals surface area contributed by atoms with Gasteiger partial charge >= 0.3 is 0 Å². The highest BCUT2D eigenvalue weighted by atomic mass is 16.3. The average Bonchev–Trinajstić information content (AvgIpc) is 2.89. The molecule has 0 aromatic heterocycles. The SMILES string of the molecule is Cc1cc(N(CCO)C2CCCC2)ccc1C(=N)N. The highest BCUT2D eigenvalue weighted by Gasteiger charge is 2.22. The fourth-order valence-electron chi connectivity index (χ4n) is 2.97. The second kappa shape index (κ2) is 6.06. The molecule has 1 aliphatic carbocycles. The number of aryl methyl sites for hydroxylation is 1. The lowest BCUT2D eigenvalue weighted by atomic mass is 10.1. The molecule has 0 heterocycles. The normalized spacial score (nSPS) is 15.7. The Hall–Kier alpha value is -1.55. The zero-order valence-electron chi connectivity index (χ0n) is 11.5. The zero-order valence-corrected chi connectivity index (χ0v) is 11.5. The van der Waals surface area contributed by atoms with Crippen LogP contribution >= 0.6 is 0 Å². The van der Waals surface area contributed by atoms with Crippen molar-refractivity contribution in [2.24, 2.45) is 5.73 Å². The summed E-state index contributed by atoms with van der Waals surface area (Å²) in [6.07, 6.45) is 4.95. The number of amidine groups is 1. The quantitative estimate of drug-likeness (QED) is 0.561. The van der Waals surface area contributed by atoms with Crippen LogP contribution in [0.15, 0.2) is 18.2 Å². The van der Waals surface area contributed by atoms with Crippen molar-refractivity contribution in [2.75, 3.05) is 18.1 Å². The maximum absolute atomic E-state index is 9.27. The van der Waals surface area contributed by atoms with Crippen LogP contribution in [0.5, 0.6) is 0 Å². The Kier molecular flexibility index (Phi) is 4.43. The molecule has 4 N–H and O–H groups in total. The van der Waals surface area contributed by atoms with Gasteiger partial charge < -0.3 is 15.7 Å². The molecule has 0 saturated heterocycles. The third-order valence-corrected chi connectivity index (χ3v) is 3.94. The topological polar surface area (TPSA) is 73.3 Å². The van der Waals surface area contributed by atoms with Crippen LogP contribution in [0, 0.1) is 12.3 Å². The van der Waals surface area contributed by atoms with Gasteiger partial charge in [0.05, 0.1) is 6.61 Å². The first-order valence-electron chi connectivity index (χ1n) is 6.96. The molecule has 0 amide bonds. The highest BCUT2D eigenvalue weighted by molar-refractivity contribution is 5.96. The lowest BCUT2D eigenvalue weighted by Gasteiger charge is -2.31. The maximum Gasteiger partial charge on any atom is 0.123 e. The van der Waals surface area contributed by atoms with E-state index in [9.17, 15) is 5.11 Å². The van der Waals surface area contributed by atoms with E-state index >= 15 is 0 Å². The van der Waals surface area contributed by atoms with Gasteiger partial charge in [-0.1, -0.05) is 12.8 Å². The van der Waals surface area contributed by atoms with Crippen LogP contribution in [0.4, 0.5) is 5.69 Å². The summed E-state index contributed by atoms with van der Waals surface area (Å²) in [4.78, 5) is 2.30. The van der Waals surface area contributed by atoms with E-state index in [1.807, 2.05) is 19.1 Å². The minimum absolute atomic E-state index is 0.110. The highest BCUT2D eigenvalue weighted by Crippen LogP contribution is 2.29. The first kappa shape index (κ1) is 13.9. The summed E-state index contributed by atoms with van der Waals surface area (Å²) in [6, 6.07) is 6.53. The summed E-state index contributed by atoms with van der Waals surface area (Å²) in [7, 11) is 0. The monoisotopic (exact) mass is 261 g/mol. The van der Waals surface area contributed by atoms with Crippen LogP contribution in [0.25, 0.3) is 0 Å². The van der Waals surface area contributed by atoms with Crippen molar-refractivity contribution in [3.05, 3.63) is 29.3 Å². The molecule has 1 aromatic rings. The van der Waals surface area contributed by atoms with Crippen molar-refractivity contribution in [3.63, 3.8) is 0 Å². The van der Waals surface area contributed by atoms with Crippen LogP contribution < -0.4 is 10.6 Å². The van der Waals surface area contributed by atoms with E-state index in [1.165, 1.54) is 25.7 Å². The number of nitrogens with two attached hydrogens (primary N) is 1. The summed E-state index contributed by atoms with van der Waals surface area (Å²) in [5, 5.41) is 16.8. The molecule has 104 valence electrons. The van der Waals surface area contributed by atoms with Gasteiger partial charge in [0.2, 0.25) is 0 Å². The minimum Gasteiger partial charge on any atom is -0.395 e. The van der Waals surface area contributed by atoms with Crippen LogP contribution in [0.3, 0.4) is 0 Å². The van der Waals surface area contributed by atoms with Gasteiger partial charge in [0.15, 0.2) is 0 Å². The Bertz CT molecular complexity index is 453. The van der Waals surface area contributed by atoms with Crippen molar-refractivity contribution in [2.45, 2.75) is 38.6 Å². The van der Waals surface area contributed by atoms with Gasteiger partial charge in [-0.15, -0.1) is 0 Å². The number of rotatable bonds is 5. The fraction of sp³-hybridized carbons (Fsp3) is 0.533. The van der Waals surface area contributed by atoms with E-state index in [0.717, 1.165) is 16.8 Å². The first-order valence-corrected chi connectivity index (χ1v) is 6.96. The molecule has 1 aliphatic rings. The summed E-state index contributed by atoms with van der Waals surface area (Å²) in [5.41, 5.74) is 8.49. The Balaban J connectivity index is 2.26. The predicted octanol–water partition coefficient (Wildman–Crippen LogP) is 2.02. The predicted molar refractivity (Wildman–Crippen MR) is 78.9 cm³/mol. The molecule has 2 rings (SSSR count). The Morgan fingerprint density at radius 1 is 1.42 bits per heavy atom. The molecule has 19 heavy (non-hydrogen) atoms. The van der Waals surface area contributed by atoms with E-state index in [2.05, 4.69) is 11.0 Å². The number of benzene rings is 1. The molecule has 4 heteroatoms. The molecule has 0 atom stereocenters. The number of aliphatic hydroxyl groups excluding tert-OH is 1. The van der Waals surface area contributed by atoms with Crippen molar-refractivity contribution in [3.8, 4) is 0 Å². The Labute approximate surface area is 114 Å². The van der Waals surface area contributed by atoms with Gasteiger partial charge in [-0.3, -0.25) is 5.41 Å². The molecule has 0 unspecified atom stereocenters. The summed E-state index contributed by atoms with van der Waals surface area (Å²) in [5.74, 6) is 0.110. The molecule has 0 radical (unpaired) electrons. The van der Waals surface area contributed by atoms with Gasteiger partial charge in [-0.25, -0.2) is 0 Å². The smallest absolute Gasteiger partial charge is 0.123 e. The van der Waals surface area contributed by atoms with Gasteiger partial charge in [0, 0.05) is 23.8 Å². The van der Waals surface area contributed by atoms with Gasteiger partial charge in [0.1, 0.15) is 5.84 Å². The van der Waals surface area contributed by atoms with E-state index in [0.29, 0.717) is 12.6 Å². The largest absolute Gasteiger partial charge is 0.395 e. The fourth-order valence-corrected chi connectivity index (χ4v) is 2.97. The average molecular weight is 261 g/mol. The molecule has 4 nitrogen and oxygen atoms in total. The van der Waals surface area contributed by atoms with Crippen LogP contribution in [0.1, 0.15) is 36.8 Å². The molecule has 0 spiro atoms. The Morgan fingerprint density at radius 2 is 2.11 bits per heavy atom. The van der Waals surface area contributed by atoms with E-state index in [4.69, 9.17) is 11.1 Å². The van der Waals surface area contributed by atoms with Gasteiger partial charge in [0.25, 0.3) is 0 Å². The molecule has 1 saturated carbocycles. The van der Waals surface area contributed by atoms with Gasteiger partial charge in [-0.05, 0) is 43.5 Å². The third kappa shape index (κ3) is 3.07. The van der Waals surface area contributed by atoms with Crippen molar-refractivity contribution >= 4 is 11.5 Å². The molecule has 0 bridgehead atoms. The number of hydrogen-bond acceptors (Lipinski definition) is 3. The van der Waals surface area contributed by atoms with E-state index < -0.39 is 0 Å². The molecule has 0 aliphatic heterocycles. The number of nitrogens with zero attached hydrogens (tertiary/aromatic N) is 1. The van der Waals surface area contributed by atoms with Crippen LogP contribution in [0.2, 0.25) is 0 Å². The summed E-state index contributed by atoms with van der Waals surface area (Å²) < 4.78 is 0. The van der Waals surface area contributed by atoms with Crippen molar-refractivity contribution in [1.29, 1.82) is 5.41 Å². The summed E-state index contributed by atoms with van der Waals surface area (Å²) >= 11 is 0. The number of anilines is 1.